The number of alkyl halides is 1. The van der Waals surface area contributed by atoms with E-state index in [1.165, 1.54) is 0 Å². The van der Waals surface area contributed by atoms with Crippen LogP contribution in [0.5, 0.6) is 5.75 Å². The third kappa shape index (κ3) is 3.76. The molecule has 0 aromatic heterocycles. The maximum atomic E-state index is 9.35. The highest BCUT2D eigenvalue weighted by atomic mass is 35.5. The van der Waals surface area contributed by atoms with Gasteiger partial charge >= 0.3 is 0 Å². The van der Waals surface area contributed by atoms with Crippen molar-refractivity contribution >= 4 is 11.6 Å². The number of benzene rings is 2. The van der Waals surface area contributed by atoms with E-state index in [2.05, 4.69) is 5.32 Å². The first-order chi connectivity index (χ1) is 8.75. The highest BCUT2D eigenvalue weighted by Gasteiger charge is 2.06. The van der Waals surface area contributed by atoms with Gasteiger partial charge in [-0.1, -0.05) is 42.5 Å². The predicted octanol–water partition coefficient (Wildman–Crippen LogP) is 3.46. The van der Waals surface area contributed by atoms with Gasteiger partial charge in [0.25, 0.3) is 0 Å². The molecule has 18 heavy (non-hydrogen) atoms. The van der Waals surface area contributed by atoms with Crippen LogP contribution in [0.25, 0.3) is 0 Å². The lowest BCUT2D eigenvalue weighted by molar-refractivity contribution is 0.474. The average molecular weight is 262 g/mol. The fourth-order valence-electron chi connectivity index (χ4n) is 1.79. The minimum atomic E-state index is -0.0384. The van der Waals surface area contributed by atoms with Crippen LogP contribution in [0.2, 0.25) is 0 Å². The van der Waals surface area contributed by atoms with Crippen LogP contribution in [0.4, 0.5) is 0 Å². The molecule has 2 rings (SSSR count). The van der Waals surface area contributed by atoms with Crippen LogP contribution in [-0.2, 0) is 6.54 Å². The second-order valence-corrected chi connectivity index (χ2v) is 4.71. The van der Waals surface area contributed by atoms with E-state index in [1.807, 2.05) is 42.5 Å². The first-order valence-corrected chi connectivity index (χ1v) is 6.37. The molecular weight excluding hydrogens is 246 g/mol. The van der Waals surface area contributed by atoms with Crippen LogP contribution in [0.3, 0.4) is 0 Å². The summed E-state index contributed by atoms with van der Waals surface area (Å²) in [5.74, 6) is 0.291. The van der Waals surface area contributed by atoms with E-state index in [-0.39, 0.29) is 5.38 Å². The smallest absolute Gasteiger partial charge is 0.115 e. The highest BCUT2D eigenvalue weighted by molar-refractivity contribution is 6.21. The van der Waals surface area contributed by atoms with Crippen molar-refractivity contribution in [3.8, 4) is 5.75 Å². The molecule has 3 heteroatoms. The molecular formula is C15H16ClNO. The summed E-state index contributed by atoms with van der Waals surface area (Å²) in [5.41, 5.74) is 2.16. The topological polar surface area (TPSA) is 32.3 Å². The SMILES string of the molecule is Oc1cccc(CNCC(Cl)c2ccccc2)c1. The third-order valence-electron chi connectivity index (χ3n) is 2.72. The lowest BCUT2D eigenvalue weighted by atomic mass is 10.1. The van der Waals surface area contributed by atoms with Gasteiger partial charge in [-0.25, -0.2) is 0 Å². The lowest BCUT2D eigenvalue weighted by Gasteiger charge is -2.11. The standard InChI is InChI=1S/C15H16ClNO/c16-15(13-6-2-1-3-7-13)11-17-10-12-5-4-8-14(18)9-12/h1-9,15,17-18H,10-11H2. The molecule has 0 heterocycles. The first-order valence-electron chi connectivity index (χ1n) is 5.93. The molecule has 2 aromatic rings. The maximum absolute atomic E-state index is 9.35. The summed E-state index contributed by atoms with van der Waals surface area (Å²) in [6, 6.07) is 17.2. The van der Waals surface area contributed by atoms with Crippen LogP contribution in [-0.4, -0.2) is 11.7 Å². The minimum Gasteiger partial charge on any atom is -0.508 e. The Morgan fingerprint density at radius 1 is 1.06 bits per heavy atom. The number of phenols is 1. The Labute approximate surface area is 112 Å². The van der Waals surface area contributed by atoms with Gasteiger partial charge < -0.3 is 10.4 Å². The summed E-state index contributed by atoms with van der Waals surface area (Å²) < 4.78 is 0. The van der Waals surface area contributed by atoms with Gasteiger partial charge in [0.15, 0.2) is 0 Å². The fraction of sp³-hybridized carbons (Fsp3) is 0.200. The van der Waals surface area contributed by atoms with Crippen molar-refractivity contribution in [1.29, 1.82) is 0 Å². The fourth-order valence-corrected chi connectivity index (χ4v) is 2.04. The van der Waals surface area contributed by atoms with Crippen LogP contribution in [0, 0.1) is 0 Å². The minimum absolute atomic E-state index is 0.0384. The van der Waals surface area contributed by atoms with Crippen molar-refractivity contribution in [3.05, 3.63) is 65.7 Å². The van der Waals surface area contributed by atoms with Gasteiger partial charge in [0.1, 0.15) is 5.75 Å². The molecule has 2 N–H and O–H groups in total. The Morgan fingerprint density at radius 3 is 2.56 bits per heavy atom. The Morgan fingerprint density at radius 2 is 1.83 bits per heavy atom. The largest absolute Gasteiger partial charge is 0.508 e. The van der Waals surface area contributed by atoms with Gasteiger partial charge in [0.05, 0.1) is 5.38 Å². The summed E-state index contributed by atoms with van der Waals surface area (Å²) in [6.45, 7) is 1.39. The van der Waals surface area contributed by atoms with E-state index >= 15 is 0 Å². The molecule has 0 saturated heterocycles. The number of rotatable bonds is 5. The number of halogens is 1. The van der Waals surface area contributed by atoms with Crippen LogP contribution in [0.1, 0.15) is 16.5 Å². The van der Waals surface area contributed by atoms with Gasteiger partial charge in [0.2, 0.25) is 0 Å². The molecule has 0 fully saturated rings. The molecule has 0 amide bonds. The van der Waals surface area contributed by atoms with Gasteiger partial charge in [-0.2, -0.15) is 0 Å². The molecule has 1 unspecified atom stereocenters. The van der Waals surface area contributed by atoms with Crippen LogP contribution >= 0.6 is 11.6 Å². The zero-order chi connectivity index (χ0) is 12.8. The van der Waals surface area contributed by atoms with E-state index in [9.17, 15) is 5.11 Å². The van der Waals surface area contributed by atoms with Crippen molar-refractivity contribution in [2.45, 2.75) is 11.9 Å². The molecule has 2 nitrogen and oxygen atoms in total. The molecule has 0 aliphatic heterocycles. The van der Waals surface area contributed by atoms with Crippen molar-refractivity contribution in [2.75, 3.05) is 6.54 Å². The molecule has 0 aliphatic carbocycles. The summed E-state index contributed by atoms with van der Waals surface area (Å²) in [5, 5.41) is 12.6. The normalized spacial score (nSPS) is 12.3. The summed E-state index contributed by atoms with van der Waals surface area (Å²) in [7, 11) is 0. The maximum Gasteiger partial charge on any atom is 0.115 e. The summed E-state index contributed by atoms with van der Waals surface area (Å²) >= 11 is 6.29. The number of hydrogen-bond acceptors (Lipinski definition) is 2. The number of aromatic hydroxyl groups is 1. The molecule has 2 aromatic carbocycles. The zero-order valence-electron chi connectivity index (χ0n) is 10.0. The Balaban J connectivity index is 1.82. The molecule has 0 bridgehead atoms. The summed E-state index contributed by atoms with van der Waals surface area (Å²) in [6.07, 6.45) is 0. The van der Waals surface area contributed by atoms with E-state index in [0.717, 1.165) is 11.1 Å². The van der Waals surface area contributed by atoms with Crippen molar-refractivity contribution < 1.29 is 5.11 Å². The van der Waals surface area contributed by atoms with Gasteiger partial charge in [-0.15, -0.1) is 11.6 Å². The van der Waals surface area contributed by atoms with Crippen LogP contribution < -0.4 is 5.32 Å². The first kappa shape index (κ1) is 12.9. The Kier molecular flexibility index (Phi) is 4.62. The Bertz CT molecular complexity index is 487. The van der Waals surface area contributed by atoms with Gasteiger partial charge in [-0.05, 0) is 23.3 Å². The molecule has 0 spiro atoms. The van der Waals surface area contributed by atoms with Crippen molar-refractivity contribution in [1.82, 2.24) is 5.32 Å². The molecule has 0 radical (unpaired) electrons. The predicted molar refractivity (Wildman–Crippen MR) is 74.8 cm³/mol. The van der Waals surface area contributed by atoms with Crippen molar-refractivity contribution in [3.63, 3.8) is 0 Å². The second-order valence-electron chi connectivity index (χ2n) is 4.18. The third-order valence-corrected chi connectivity index (χ3v) is 3.13. The average Bonchev–Trinajstić information content (AvgIpc) is 2.40. The number of phenolic OH excluding ortho intramolecular Hbond substituents is 1. The number of nitrogens with one attached hydrogen (secondary N) is 1. The van der Waals surface area contributed by atoms with E-state index in [1.54, 1.807) is 12.1 Å². The quantitative estimate of drug-likeness (QED) is 0.808. The monoisotopic (exact) mass is 261 g/mol. The molecule has 1 atom stereocenters. The molecule has 94 valence electrons. The lowest BCUT2D eigenvalue weighted by Crippen LogP contribution is -2.18. The number of hydrogen-bond donors (Lipinski definition) is 2. The highest BCUT2D eigenvalue weighted by Crippen LogP contribution is 2.19. The second kappa shape index (κ2) is 6.43. The van der Waals surface area contributed by atoms with E-state index in [0.29, 0.717) is 18.8 Å². The molecule has 0 saturated carbocycles. The Hall–Kier alpha value is -1.51. The van der Waals surface area contributed by atoms with Gasteiger partial charge in [-0.3, -0.25) is 0 Å². The van der Waals surface area contributed by atoms with Crippen LogP contribution in [0.15, 0.2) is 54.6 Å². The summed E-state index contributed by atoms with van der Waals surface area (Å²) in [4.78, 5) is 0. The van der Waals surface area contributed by atoms with Gasteiger partial charge in [0, 0.05) is 13.1 Å². The molecule has 0 aliphatic rings. The zero-order valence-corrected chi connectivity index (χ0v) is 10.8. The van der Waals surface area contributed by atoms with E-state index < -0.39 is 0 Å². The van der Waals surface area contributed by atoms with Crippen molar-refractivity contribution in [2.24, 2.45) is 0 Å². The van der Waals surface area contributed by atoms with E-state index in [4.69, 9.17) is 11.6 Å².